The first-order chi connectivity index (χ1) is 12.7. The van der Waals surface area contributed by atoms with E-state index < -0.39 is 0 Å². The Bertz CT molecular complexity index is 832. The average Bonchev–Trinajstić information content (AvgIpc) is 3.30. The zero-order valence-electron chi connectivity index (χ0n) is 16.9. The number of hydrogen-bond acceptors (Lipinski definition) is 0. The van der Waals surface area contributed by atoms with Crippen LogP contribution in [-0.4, -0.2) is 0 Å². The van der Waals surface area contributed by atoms with Crippen LogP contribution in [0.1, 0.15) is 33.4 Å². The van der Waals surface area contributed by atoms with Crippen molar-refractivity contribution < 1.29 is 35.6 Å². The zero-order chi connectivity index (χ0) is 18.2. The summed E-state index contributed by atoms with van der Waals surface area (Å²) in [5.41, 5.74) is 8.25. The van der Waals surface area contributed by atoms with Crippen LogP contribution in [0.2, 0.25) is 0 Å². The summed E-state index contributed by atoms with van der Waals surface area (Å²) in [7, 11) is 0. The Balaban J connectivity index is 0.000000490. The third-order valence-electron chi connectivity index (χ3n) is 4.44. The van der Waals surface area contributed by atoms with Crippen molar-refractivity contribution in [3.63, 3.8) is 0 Å². The summed E-state index contributed by atoms with van der Waals surface area (Å²) in [6, 6.07) is 34.4. The fourth-order valence-electron chi connectivity index (χ4n) is 3.18. The van der Waals surface area contributed by atoms with Gasteiger partial charge in [0.15, 0.2) is 0 Å². The van der Waals surface area contributed by atoms with Gasteiger partial charge in [0.2, 0.25) is 0 Å². The van der Waals surface area contributed by atoms with Gasteiger partial charge in [-0.2, -0.15) is 35.4 Å². The Hall–Kier alpha value is -2.12. The molecular weight excluding hydrogens is 442 g/mol. The number of hydrogen-bond donors (Lipinski definition) is 0. The molecule has 0 aliphatic rings. The molecule has 0 aromatic heterocycles. The van der Waals surface area contributed by atoms with Crippen molar-refractivity contribution >= 4 is 0 Å². The molecule has 3 heteroatoms. The van der Waals surface area contributed by atoms with E-state index >= 15 is 0 Å². The van der Waals surface area contributed by atoms with Crippen molar-refractivity contribution in [2.24, 2.45) is 0 Å². The van der Waals surface area contributed by atoms with Crippen molar-refractivity contribution in [2.45, 2.75) is 26.7 Å². The van der Waals surface area contributed by atoms with E-state index in [0.29, 0.717) is 0 Å². The molecule has 0 spiro atoms. The first-order valence-corrected chi connectivity index (χ1v) is 9.21. The van der Waals surface area contributed by atoms with E-state index in [2.05, 4.69) is 111 Å². The van der Waals surface area contributed by atoms with Gasteiger partial charge in [-0.1, -0.05) is 70.8 Å². The maximum Gasteiger partial charge on any atom is 4.00 e. The molecule has 0 saturated heterocycles. The van der Waals surface area contributed by atoms with Crippen LogP contribution >= 0.6 is 0 Å². The summed E-state index contributed by atoms with van der Waals surface area (Å²) in [5, 5.41) is 0. The van der Waals surface area contributed by atoms with Gasteiger partial charge in [-0.05, 0) is 26.7 Å². The molecule has 4 aromatic carbocycles. The molecule has 0 aliphatic carbocycles. The molecule has 0 bridgehead atoms. The molecule has 0 heterocycles. The van der Waals surface area contributed by atoms with Crippen LogP contribution in [0.4, 0.5) is 0 Å². The molecule has 0 fully saturated rings. The summed E-state index contributed by atoms with van der Waals surface area (Å²) in [6.07, 6.45) is 2.10. The summed E-state index contributed by atoms with van der Waals surface area (Å²) >= 11 is 0. The second kappa shape index (κ2) is 14.0. The van der Waals surface area contributed by atoms with Gasteiger partial charge in [0.1, 0.15) is 0 Å². The van der Waals surface area contributed by atoms with Gasteiger partial charge in [0.05, 0.1) is 0 Å². The normalized spacial score (nSPS) is 9.17. The summed E-state index contributed by atoms with van der Waals surface area (Å²) in [6.45, 7) is 4.27. The van der Waals surface area contributed by atoms with Crippen LogP contribution in [0.5, 0.6) is 0 Å². The summed E-state index contributed by atoms with van der Waals surface area (Å²) in [4.78, 5) is 0. The third-order valence-corrected chi connectivity index (χ3v) is 4.44. The minimum absolute atomic E-state index is 0. The van der Waals surface area contributed by atoms with Gasteiger partial charge >= 0.3 is 26.2 Å². The third kappa shape index (κ3) is 9.28. The minimum Gasteiger partial charge on any atom is -1.00 e. The van der Waals surface area contributed by atoms with E-state index in [1.54, 1.807) is 0 Å². The molecular formula is C26H26F2Zr. The quantitative estimate of drug-likeness (QED) is 0.386. The maximum atomic E-state index is 2.24. The zero-order valence-corrected chi connectivity index (χ0v) is 19.4. The first kappa shape index (κ1) is 26.9. The largest absolute Gasteiger partial charge is 4.00 e. The smallest absolute Gasteiger partial charge is 1.00 e. The van der Waals surface area contributed by atoms with Crippen molar-refractivity contribution in [1.29, 1.82) is 0 Å². The van der Waals surface area contributed by atoms with Crippen LogP contribution in [0.3, 0.4) is 0 Å². The Morgan fingerprint density at radius 2 is 0.897 bits per heavy atom. The topological polar surface area (TPSA) is 0 Å². The predicted octanol–water partition coefficient (Wildman–Crippen LogP) is 0.615. The van der Waals surface area contributed by atoms with Crippen LogP contribution in [0.15, 0.2) is 97.1 Å². The molecule has 29 heavy (non-hydrogen) atoms. The summed E-state index contributed by atoms with van der Waals surface area (Å²) < 4.78 is 0. The fourth-order valence-corrected chi connectivity index (χ4v) is 3.18. The molecule has 0 saturated carbocycles. The monoisotopic (exact) mass is 466 g/mol. The van der Waals surface area contributed by atoms with Crippen molar-refractivity contribution in [3.05, 3.63) is 130 Å². The second-order valence-electron chi connectivity index (χ2n) is 6.92. The Morgan fingerprint density at radius 1 is 0.552 bits per heavy atom. The van der Waals surface area contributed by atoms with E-state index in [-0.39, 0.29) is 35.6 Å². The Kier molecular flexibility index (Phi) is 12.9. The van der Waals surface area contributed by atoms with Crippen LogP contribution in [0.25, 0.3) is 0 Å². The molecule has 0 nitrogen and oxygen atoms in total. The molecule has 0 amide bonds. The maximum absolute atomic E-state index is 2.24. The summed E-state index contributed by atoms with van der Waals surface area (Å²) in [5.74, 6) is 0. The molecule has 4 aromatic rings. The average molecular weight is 468 g/mol. The molecule has 0 unspecified atom stereocenters. The molecule has 148 valence electrons. The SMILES string of the molecule is Cc1cccc(C[c-]2cccc2)c1.Cc1cccc(C[c-]2cccc2)c1.[F-].[F-].[Zr+4]. The molecule has 0 aliphatic heterocycles. The molecule has 0 atom stereocenters. The van der Waals surface area contributed by atoms with Crippen LogP contribution in [0, 0.1) is 13.8 Å². The van der Waals surface area contributed by atoms with Gasteiger partial charge in [0.25, 0.3) is 0 Å². The molecule has 4 rings (SSSR count). The van der Waals surface area contributed by atoms with E-state index in [1.807, 2.05) is 0 Å². The number of aryl methyl sites for hydroxylation is 2. The van der Waals surface area contributed by atoms with Crippen molar-refractivity contribution in [1.82, 2.24) is 0 Å². The van der Waals surface area contributed by atoms with E-state index in [0.717, 1.165) is 12.8 Å². The predicted molar refractivity (Wildman–Crippen MR) is 112 cm³/mol. The van der Waals surface area contributed by atoms with Crippen molar-refractivity contribution in [3.8, 4) is 0 Å². The second-order valence-corrected chi connectivity index (χ2v) is 6.92. The van der Waals surface area contributed by atoms with E-state index in [4.69, 9.17) is 0 Å². The van der Waals surface area contributed by atoms with E-state index in [9.17, 15) is 0 Å². The molecule has 0 radical (unpaired) electrons. The fraction of sp³-hybridized carbons (Fsp3) is 0.154. The van der Waals surface area contributed by atoms with E-state index in [1.165, 1.54) is 33.4 Å². The number of halogens is 2. The van der Waals surface area contributed by atoms with Gasteiger partial charge in [0, 0.05) is 0 Å². The van der Waals surface area contributed by atoms with Gasteiger partial charge in [-0.25, -0.2) is 24.3 Å². The Labute approximate surface area is 192 Å². The van der Waals surface area contributed by atoms with Gasteiger partial charge < -0.3 is 9.41 Å². The van der Waals surface area contributed by atoms with Crippen molar-refractivity contribution in [2.75, 3.05) is 0 Å². The molecule has 0 N–H and O–H groups in total. The Morgan fingerprint density at radius 3 is 1.21 bits per heavy atom. The number of rotatable bonds is 4. The standard InChI is InChI=1S/2C13H13.2FH.Zr/c2*1-11-5-4-8-13(9-11)10-12-6-2-3-7-12;;;/h2*2-9H,10H2,1H3;2*1H;/q2*-1;;;+4/p-2. The number of benzene rings is 2. The van der Waals surface area contributed by atoms with Gasteiger partial charge in [-0.3, -0.25) is 0 Å². The van der Waals surface area contributed by atoms with Gasteiger partial charge in [-0.15, -0.1) is 0 Å². The minimum atomic E-state index is 0. The van der Waals surface area contributed by atoms with Crippen LogP contribution in [-0.2, 0) is 39.0 Å². The van der Waals surface area contributed by atoms with Crippen LogP contribution < -0.4 is 9.41 Å². The first-order valence-electron chi connectivity index (χ1n) is 9.21.